The normalized spacial score (nSPS) is 19.2. The summed E-state index contributed by atoms with van der Waals surface area (Å²) in [7, 11) is 0. The van der Waals surface area contributed by atoms with Gasteiger partial charge in [-0.1, -0.05) is 0 Å². The molecule has 2 aromatic rings. The van der Waals surface area contributed by atoms with E-state index in [0.717, 1.165) is 19.4 Å². The standard InChI is InChI=1S/C16H21N3OS/c1-16(2,3)19-10-13(9-17-19)15(20)18-7-4-5-14(18)12-6-8-21-11-12/h6,8-11,14H,4-5,7H2,1-3H3/t14-/m1/s1. The molecule has 0 aliphatic carbocycles. The molecule has 1 aliphatic rings. The SMILES string of the molecule is CC(C)(C)n1cc(C(=O)N2CCC[C@@H]2c2ccsc2)cn1. The molecule has 1 saturated heterocycles. The Morgan fingerprint density at radius 3 is 2.86 bits per heavy atom. The fraction of sp³-hybridized carbons (Fsp3) is 0.500. The maximum atomic E-state index is 12.8. The minimum absolute atomic E-state index is 0.0965. The van der Waals surface area contributed by atoms with E-state index in [1.807, 2.05) is 15.8 Å². The monoisotopic (exact) mass is 303 g/mol. The van der Waals surface area contributed by atoms with Gasteiger partial charge in [-0.25, -0.2) is 0 Å². The maximum absolute atomic E-state index is 12.8. The number of aromatic nitrogens is 2. The van der Waals surface area contributed by atoms with Crippen molar-refractivity contribution in [1.82, 2.24) is 14.7 Å². The van der Waals surface area contributed by atoms with E-state index in [4.69, 9.17) is 0 Å². The van der Waals surface area contributed by atoms with Crippen molar-refractivity contribution in [3.63, 3.8) is 0 Å². The number of hydrogen-bond acceptors (Lipinski definition) is 3. The zero-order valence-corrected chi connectivity index (χ0v) is 13.6. The molecule has 21 heavy (non-hydrogen) atoms. The van der Waals surface area contributed by atoms with Crippen LogP contribution in [-0.2, 0) is 5.54 Å². The molecule has 0 bridgehead atoms. The molecule has 1 fully saturated rings. The molecule has 112 valence electrons. The average molecular weight is 303 g/mol. The summed E-state index contributed by atoms with van der Waals surface area (Å²) in [4.78, 5) is 14.8. The number of hydrogen-bond donors (Lipinski definition) is 0. The van der Waals surface area contributed by atoms with Gasteiger partial charge in [-0.2, -0.15) is 16.4 Å². The van der Waals surface area contributed by atoms with Crippen LogP contribution in [0.2, 0.25) is 0 Å². The van der Waals surface area contributed by atoms with Crippen molar-refractivity contribution in [1.29, 1.82) is 0 Å². The van der Waals surface area contributed by atoms with Crippen LogP contribution in [0.4, 0.5) is 0 Å². The first-order chi connectivity index (χ1) is 9.97. The molecule has 0 aromatic carbocycles. The number of likely N-dealkylation sites (tertiary alicyclic amines) is 1. The Kier molecular flexibility index (Phi) is 3.61. The van der Waals surface area contributed by atoms with E-state index < -0.39 is 0 Å². The van der Waals surface area contributed by atoms with E-state index >= 15 is 0 Å². The molecule has 0 radical (unpaired) electrons. The number of rotatable bonds is 2. The van der Waals surface area contributed by atoms with Gasteiger partial charge in [0.1, 0.15) is 0 Å². The summed E-state index contributed by atoms with van der Waals surface area (Å²) >= 11 is 1.69. The fourth-order valence-electron chi connectivity index (χ4n) is 2.79. The van der Waals surface area contributed by atoms with Crippen molar-refractivity contribution in [2.24, 2.45) is 0 Å². The van der Waals surface area contributed by atoms with E-state index in [-0.39, 0.29) is 17.5 Å². The molecule has 3 rings (SSSR count). The van der Waals surface area contributed by atoms with Gasteiger partial charge in [-0.15, -0.1) is 0 Å². The van der Waals surface area contributed by atoms with Crippen molar-refractivity contribution in [2.75, 3.05) is 6.54 Å². The predicted octanol–water partition coefficient (Wildman–Crippen LogP) is 3.68. The molecule has 1 aliphatic heterocycles. The first-order valence-corrected chi connectivity index (χ1v) is 8.29. The highest BCUT2D eigenvalue weighted by Crippen LogP contribution is 2.34. The molecular formula is C16H21N3OS. The van der Waals surface area contributed by atoms with Crippen molar-refractivity contribution < 1.29 is 4.79 Å². The van der Waals surface area contributed by atoms with Gasteiger partial charge in [0, 0.05) is 12.7 Å². The van der Waals surface area contributed by atoms with Crippen LogP contribution in [0, 0.1) is 0 Å². The van der Waals surface area contributed by atoms with Crippen LogP contribution in [0.15, 0.2) is 29.2 Å². The summed E-state index contributed by atoms with van der Waals surface area (Å²) in [6.07, 6.45) is 5.68. The van der Waals surface area contributed by atoms with Gasteiger partial charge in [-0.05, 0) is 56.0 Å². The number of thiophene rings is 1. The van der Waals surface area contributed by atoms with Crippen LogP contribution in [0.1, 0.15) is 55.6 Å². The lowest BCUT2D eigenvalue weighted by Crippen LogP contribution is -2.30. The highest BCUT2D eigenvalue weighted by atomic mass is 32.1. The van der Waals surface area contributed by atoms with Crippen molar-refractivity contribution in [3.05, 3.63) is 40.3 Å². The Bertz CT molecular complexity index is 624. The Labute approximate surface area is 129 Å². The summed E-state index contributed by atoms with van der Waals surface area (Å²) in [6, 6.07) is 2.35. The lowest BCUT2D eigenvalue weighted by atomic mass is 10.1. The minimum atomic E-state index is -0.101. The molecule has 1 amide bonds. The molecule has 3 heterocycles. The van der Waals surface area contributed by atoms with E-state index in [1.54, 1.807) is 17.5 Å². The average Bonchev–Trinajstić information content (AvgIpc) is 3.16. The molecule has 0 unspecified atom stereocenters. The van der Waals surface area contributed by atoms with Crippen molar-refractivity contribution >= 4 is 17.2 Å². The van der Waals surface area contributed by atoms with Gasteiger partial charge in [0.15, 0.2) is 0 Å². The summed E-state index contributed by atoms with van der Waals surface area (Å²) in [5, 5.41) is 8.56. The molecule has 0 N–H and O–H groups in total. The predicted molar refractivity (Wildman–Crippen MR) is 84.6 cm³/mol. The Balaban J connectivity index is 1.83. The first kappa shape index (κ1) is 14.3. The Morgan fingerprint density at radius 1 is 1.43 bits per heavy atom. The van der Waals surface area contributed by atoms with E-state index in [2.05, 4.69) is 42.7 Å². The second-order valence-corrected chi connectivity index (χ2v) is 7.34. The van der Waals surface area contributed by atoms with E-state index in [1.165, 1.54) is 5.56 Å². The van der Waals surface area contributed by atoms with Crippen molar-refractivity contribution in [2.45, 2.75) is 45.2 Å². The maximum Gasteiger partial charge on any atom is 0.257 e. The van der Waals surface area contributed by atoms with Crippen LogP contribution in [0.5, 0.6) is 0 Å². The third kappa shape index (κ3) is 2.75. The molecule has 0 saturated carbocycles. The zero-order valence-electron chi connectivity index (χ0n) is 12.7. The topological polar surface area (TPSA) is 38.1 Å². The molecular weight excluding hydrogens is 282 g/mol. The Morgan fingerprint density at radius 2 is 2.24 bits per heavy atom. The quantitative estimate of drug-likeness (QED) is 0.849. The van der Waals surface area contributed by atoms with E-state index in [9.17, 15) is 4.79 Å². The number of carbonyl (C=O) groups is 1. The van der Waals surface area contributed by atoms with Crippen LogP contribution >= 0.6 is 11.3 Å². The van der Waals surface area contributed by atoms with Gasteiger partial charge in [-0.3, -0.25) is 9.48 Å². The minimum Gasteiger partial charge on any atom is -0.331 e. The molecule has 2 aromatic heterocycles. The van der Waals surface area contributed by atoms with Gasteiger partial charge in [0.05, 0.1) is 23.3 Å². The third-order valence-electron chi connectivity index (χ3n) is 3.96. The zero-order chi connectivity index (χ0) is 15.0. The van der Waals surface area contributed by atoms with Crippen LogP contribution in [-0.4, -0.2) is 27.1 Å². The highest BCUT2D eigenvalue weighted by molar-refractivity contribution is 7.07. The number of carbonyl (C=O) groups excluding carboxylic acids is 1. The smallest absolute Gasteiger partial charge is 0.257 e. The molecule has 4 nitrogen and oxygen atoms in total. The largest absolute Gasteiger partial charge is 0.331 e. The number of nitrogens with zero attached hydrogens (tertiary/aromatic N) is 3. The molecule has 1 atom stereocenters. The number of amides is 1. The van der Waals surface area contributed by atoms with Crippen LogP contribution in [0.25, 0.3) is 0 Å². The van der Waals surface area contributed by atoms with Gasteiger partial charge in [0.2, 0.25) is 0 Å². The summed E-state index contributed by atoms with van der Waals surface area (Å²) in [5.74, 6) is 0.0965. The van der Waals surface area contributed by atoms with Crippen LogP contribution in [0.3, 0.4) is 0 Å². The van der Waals surface area contributed by atoms with Crippen molar-refractivity contribution in [3.8, 4) is 0 Å². The summed E-state index contributed by atoms with van der Waals surface area (Å²) in [6.45, 7) is 7.08. The fourth-order valence-corrected chi connectivity index (χ4v) is 3.49. The molecule has 0 spiro atoms. The first-order valence-electron chi connectivity index (χ1n) is 7.35. The van der Waals surface area contributed by atoms with Gasteiger partial charge >= 0.3 is 0 Å². The van der Waals surface area contributed by atoms with Gasteiger partial charge < -0.3 is 4.90 Å². The lowest BCUT2D eigenvalue weighted by molar-refractivity contribution is 0.0735. The van der Waals surface area contributed by atoms with Crippen LogP contribution < -0.4 is 0 Å². The summed E-state index contributed by atoms with van der Waals surface area (Å²) in [5.41, 5.74) is 1.84. The second-order valence-electron chi connectivity index (χ2n) is 6.56. The molecule has 5 heteroatoms. The third-order valence-corrected chi connectivity index (χ3v) is 4.66. The van der Waals surface area contributed by atoms with E-state index in [0.29, 0.717) is 5.56 Å². The highest BCUT2D eigenvalue weighted by Gasteiger charge is 2.31. The lowest BCUT2D eigenvalue weighted by Gasteiger charge is -2.24. The Hall–Kier alpha value is -1.62. The summed E-state index contributed by atoms with van der Waals surface area (Å²) < 4.78 is 1.86. The van der Waals surface area contributed by atoms with Gasteiger partial charge in [0.25, 0.3) is 5.91 Å². The second kappa shape index (κ2) is 5.30.